The van der Waals surface area contributed by atoms with Crippen molar-refractivity contribution in [3.8, 4) is 5.75 Å². The zero-order chi connectivity index (χ0) is 17.3. The van der Waals surface area contributed by atoms with E-state index in [1.807, 2.05) is 0 Å². The van der Waals surface area contributed by atoms with Crippen molar-refractivity contribution in [3.05, 3.63) is 29.8 Å². The first-order valence-electron chi connectivity index (χ1n) is 7.73. The highest BCUT2D eigenvalue weighted by atomic mass is 32.2. The average Bonchev–Trinajstić information content (AvgIpc) is 2.50. The number of amides is 1. The molecule has 0 aliphatic heterocycles. The summed E-state index contributed by atoms with van der Waals surface area (Å²) >= 11 is 0. The van der Waals surface area contributed by atoms with E-state index in [1.54, 1.807) is 31.4 Å². The van der Waals surface area contributed by atoms with Gasteiger partial charge in [-0.3, -0.25) is 4.79 Å². The van der Waals surface area contributed by atoms with Gasteiger partial charge in [-0.1, -0.05) is 31.9 Å². The molecule has 2 N–H and O–H groups in total. The maximum Gasteiger partial charge on any atom is 0.221 e. The summed E-state index contributed by atoms with van der Waals surface area (Å²) in [7, 11) is -1.86. The predicted octanol–water partition coefficient (Wildman–Crippen LogP) is 1.98. The second-order valence-corrected chi connectivity index (χ2v) is 7.26. The summed E-state index contributed by atoms with van der Waals surface area (Å²) in [5, 5.41) is 2.83. The molecule has 1 atom stereocenters. The van der Waals surface area contributed by atoms with Gasteiger partial charge in [-0.25, -0.2) is 13.1 Å². The Morgan fingerprint density at radius 3 is 2.39 bits per heavy atom. The minimum atomic E-state index is -3.42. The van der Waals surface area contributed by atoms with E-state index < -0.39 is 16.1 Å². The van der Waals surface area contributed by atoms with E-state index in [-0.39, 0.29) is 12.3 Å². The Labute approximate surface area is 138 Å². The molecule has 0 fully saturated rings. The molecular weight excluding hydrogens is 316 g/mol. The van der Waals surface area contributed by atoms with Gasteiger partial charge in [0.25, 0.3) is 0 Å². The van der Waals surface area contributed by atoms with Gasteiger partial charge >= 0.3 is 0 Å². The Morgan fingerprint density at radius 2 is 1.87 bits per heavy atom. The van der Waals surface area contributed by atoms with E-state index in [2.05, 4.69) is 17.0 Å². The smallest absolute Gasteiger partial charge is 0.221 e. The number of rotatable bonds is 10. The van der Waals surface area contributed by atoms with Gasteiger partial charge in [-0.15, -0.1) is 0 Å². The molecule has 6 nitrogen and oxygen atoms in total. The van der Waals surface area contributed by atoms with Gasteiger partial charge in [-0.2, -0.15) is 0 Å². The van der Waals surface area contributed by atoms with Crippen LogP contribution in [-0.4, -0.2) is 34.2 Å². The molecule has 1 amide bonds. The first-order valence-corrected chi connectivity index (χ1v) is 9.62. The first kappa shape index (κ1) is 19.4. The van der Waals surface area contributed by atoms with Gasteiger partial charge in [0.1, 0.15) is 5.75 Å². The average molecular weight is 342 g/mol. The van der Waals surface area contributed by atoms with Crippen LogP contribution in [0, 0.1) is 0 Å². The maximum absolute atomic E-state index is 12.0. The Hall–Kier alpha value is -1.60. The van der Waals surface area contributed by atoms with Crippen molar-refractivity contribution >= 4 is 15.9 Å². The monoisotopic (exact) mass is 342 g/mol. The summed E-state index contributed by atoms with van der Waals surface area (Å²) in [4.78, 5) is 12.0. The quantitative estimate of drug-likeness (QED) is 0.637. The summed E-state index contributed by atoms with van der Waals surface area (Å²) in [6.45, 7) is 2.71. The number of sulfonamides is 1. The minimum Gasteiger partial charge on any atom is -0.497 e. The van der Waals surface area contributed by atoms with Crippen LogP contribution in [0.5, 0.6) is 5.75 Å². The van der Waals surface area contributed by atoms with Gasteiger partial charge in [0.2, 0.25) is 15.9 Å². The molecule has 130 valence electrons. The summed E-state index contributed by atoms with van der Waals surface area (Å²) in [5.74, 6) is 0.508. The fraction of sp³-hybridized carbons (Fsp3) is 0.562. The Morgan fingerprint density at radius 1 is 1.22 bits per heavy atom. The lowest BCUT2D eigenvalue weighted by Gasteiger charge is -2.18. The zero-order valence-corrected chi connectivity index (χ0v) is 14.8. The topological polar surface area (TPSA) is 84.5 Å². The lowest BCUT2D eigenvalue weighted by atomic mass is 10.0. The van der Waals surface area contributed by atoms with Crippen LogP contribution >= 0.6 is 0 Å². The molecule has 0 radical (unpaired) electrons. The van der Waals surface area contributed by atoms with Crippen LogP contribution in [0.25, 0.3) is 0 Å². The molecule has 0 aliphatic rings. The minimum absolute atomic E-state index is 0.0610. The highest BCUT2D eigenvalue weighted by molar-refractivity contribution is 7.88. The second-order valence-electron chi connectivity index (χ2n) is 5.48. The molecule has 0 spiro atoms. The largest absolute Gasteiger partial charge is 0.497 e. The Bertz CT molecular complexity index is 585. The van der Waals surface area contributed by atoms with Crippen molar-refractivity contribution in [2.24, 2.45) is 0 Å². The number of methoxy groups -OCH3 is 1. The fourth-order valence-corrected chi connectivity index (χ4v) is 2.92. The molecule has 23 heavy (non-hydrogen) atoms. The number of nitrogens with one attached hydrogen (secondary N) is 2. The molecule has 0 bridgehead atoms. The standard InChI is InChI=1S/C16H26N2O4S/c1-4-5-6-11-17-16(19)12-15(18-23(3,20)21)13-7-9-14(22-2)10-8-13/h7-10,15,18H,4-6,11-12H2,1-3H3,(H,17,19)/t15-/m1/s1. The molecule has 0 saturated heterocycles. The van der Waals surface area contributed by atoms with E-state index in [4.69, 9.17) is 4.74 Å². The number of carbonyl (C=O) groups excluding carboxylic acids is 1. The summed E-state index contributed by atoms with van der Waals surface area (Å²) < 4.78 is 30.7. The molecular formula is C16H26N2O4S. The number of hydrogen-bond acceptors (Lipinski definition) is 4. The molecule has 0 heterocycles. The van der Waals surface area contributed by atoms with Crippen LogP contribution in [0.4, 0.5) is 0 Å². The van der Waals surface area contributed by atoms with Crippen LogP contribution < -0.4 is 14.8 Å². The number of hydrogen-bond donors (Lipinski definition) is 2. The summed E-state index contributed by atoms with van der Waals surface area (Å²) in [5.41, 5.74) is 0.722. The molecule has 0 saturated carbocycles. The molecule has 0 aliphatic carbocycles. The van der Waals surface area contributed by atoms with Gasteiger partial charge in [0, 0.05) is 13.0 Å². The molecule has 1 aromatic rings. The molecule has 0 unspecified atom stereocenters. The summed E-state index contributed by atoms with van der Waals surface area (Å²) in [6, 6.07) is 6.40. The van der Waals surface area contributed by atoms with E-state index in [1.165, 1.54) is 0 Å². The lowest BCUT2D eigenvalue weighted by molar-refractivity contribution is -0.121. The van der Waals surface area contributed by atoms with E-state index in [9.17, 15) is 13.2 Å². The molecule has 0 aromatic heterocycles. The number of unbranched alkanes of at least 4 members (excludes halogenated alkanes) is 2. The predicted molar refractivity (Wildman–Crippen MR) is 90.9 cm³/mol. The van der Waals surface area contributed by atoms with Gasteiger partial charge in [0.05, 0.1) is 19.4 Å². The van der Waals surface area contributed by atoms with Crippen molar-refractivity contribution in [3.63, 3.8) is 0 Å². The first-order chi connectivity index (χ1) is 10.9. The molecule has 7 heteroatoms. The van der Waals surface area contributed by atoms with Gasteiger partial charge < -0.3 is 10.1 Å². The number of carbonyl (C=O) groups is 1. The van der Waals surface area contributed by atoms with Gasteiger partial charge in [0.15, 0.2) is 0 Å². The van der Waals surface area contributed by atoms with Crippen molar-refractivity contribution in [1.29, 1.82) is 0 Å². The third-order valence-corrected chi connectivity index (χ3v) is 4.08. The van der Waals surface area contributed by atoms with Crippen molar-refractivity contribution < 1.29 is 17.9 Å². The number of ether oxygens (including phenoxy) is 1. The van der Waals surface area contributed by atoms with E-state index >= 15 is 0 Å². The maximum atomic E-state index is 12.0. The molecule has 1 rings (SSSR count). The van der Waals surface area contributed by atoms with E-state index in [0.717, 1.165) is 31.1 Å². The van der Waals surface area contributed by atoms with Crippen molar-refractivity contribution in [2.75, 3.05) is 19.9 Å². The van der Waals surface area contributed by atoms with Crippen molar-refractivity contribution in [1.82, 2.24) is 10.0 Å². The highest BCUT2D eigenvalue weighted by Crippen LogP contribution is 2.21. The van der Waals surface area contributed by atoms with Crippen molar-refractivity contribution in [2.45, 2.75) is 38.6 Å². The van der Waals surface area contributed by atoms with Crippen LogP contribution in [0.1, 0.15) is 44.2 Å². The zero-order valence-electron chi connectivity index (χ0n) is 14.0. The number of benzene rings is 1. The third-order valence-electron chi connectivity index (χ3n) is 3.37. The van der Waals surface area contributed by atoms with Crippen LogP contribution in [0.15, 0.2) is 24.3 Å². The van der Waals surface area contributed by atoms with Gasteiger partial charge in [-0.05, 0) is 24.1 Å². The highest BCUT2D eigenvalue weighted by Gasteiger charge is 2.19. The SMILES string of the molecule is CCCCCNC(=O)C[C@@H](NS(C)(=O)=O)c1ccc(OC)cc1. The Kier molecular flexibility index (Phi) is 8.05. The normalized spacial score (nSPS) is 12.7. The van der Waals surface area contributed by atoms with Crippen LogP contribution in [0.3, 0.4) is 0 Å². The lowest BCUT2D eigenvalue weighted by Crippen LogP contribution is -2.33. The summed E-state index contributed by atoms with van der Waals surface area (Å²) in [6.07, 6.45) is 4.22. The Balaban J connectivity index is 2.73. The molecule has 1 aromatic carbocycles. The third kappa shape index (κ3) is 7.99. The van der Waals surface area contributed by atoms with Crippen LogP contribution in [-0.2, 0) is 14.8 Å². The van der Waals surface area contributed by atoms with Crippen LogP contribution in [0.2, 0.25) is 0 Å². The van der Waals surface area contributed by atoms with E-state index in [0.29, 0.717) is 12.3 Å². The second kappa shape index (κ2) is 9.52. The fourth-order valence-electron chi connectivity index (χ4n) is 2.18.